The van der Waals surface area contributed by atoms with Gasteiger partial charge in [0.25, 0.3) is 0 Å². The molecule has 0 amide bonds. The van der Waals surface area contributed by atoms with E-state index in [2.05, 4.69) is 5.92 Å². The third kappa shape index (κ3) is 2.66. The van der Waals surface area contributed by atoms with Crippen LogP contribution in [0.3, 0.4) is 0 Å². The Kier molecular flexibility index (Phi) is 4.28. The fraction of sp³-hybridized carbons (Fsp3) is 0.250. The van der Waals surface area contributed by atoms with E-state index in [1.807, 2.05) is 5.92 Å². The fourth-order valence-corrected chi connectivity index (χ4v) is 1.90. The van der Waals surface area contributed by atoms with E-state index in [0.29, 0.717) is 32.5 Å². The van der Waals surface area contributed by atoms with Crippen LogP contribution in [0.15, 0.2) is 0 Å². The van der Waals surface area contributed by atoms with E-state index in [1.54, 1.807) is 13.8 Å². The lowest BCUT2D eigenvalue weighted by Gasteiger charge is -2.13. The average molecular weight is 273 g/mol. The summed E-state index contributed by atoms with van der Waals surface area (Å²) < 4.78 is 5.14. The molecule has 5 heteroatoms. The molecule has 0 saturated carbocycles. The van der Waals surface area contributed by atoms with Crippen LogP contribution in [0.4, 0.5) is 0 Å². The summed E-state index contributed by atoms with van der Waals surface area (Å²) in [6, 6.07) is 0. The van der Waals surface area contributed by atoms with Gasteiger partial charge in [0, 0.05) is 10.9 Å². The van der Waals surface area contributed by atoms with Crippen molar-refractivity contribution >= 4 is 29.2 Å². The Bertz CT molecular complexity index is 539. The molecule has 1 aromatic carbocycles. The average Bonchev–Trinajstić information content (AvgIpc) is 2.29. The molecule has 0 aliphatic carbocycles. The summed E-state index contributed by atoms with van der Waals surface area (Å²) in [6.07, 6.45) is 0. The number of carboxylic acids is 1. The van der Waals surface area contributed by atoms with Crippen molar-refractivity contribution in [1.29, 1.82) is 0 Å². The van der Waals surface area contributed by atoms with Gasteiger partial charge in [-0.05, 0) is 25.0 Å². The standard InChI is InChI=1S/C12H10Cl2O3/c1-6-8(4-5-9(15)16)12(17-3)11(14)7(2)10(6)13/h1-3H3,(H,15,16). The molecule has 1 rings (SSSR count). The predicted octanol–water partition coefficient (Wildman–Crippen LogP) is 3.05. The monoisotopic (exact) mass is 272 g/mol. The molecule has 0 bridgehead atoms. The molecule has 17 heavy (non-hydrogen) atoms. The minimum absolute atomic E-state index is 0.345. The van der Waals surface area contributed by atoms with Crippen molar-refractivity contribution in [3.8, 4) is 17.6 Å². The van der Waals surface area contributed by atoms with Crippen LogP contribution in [0, 0.1) is 25.7 Å². The minimum Gasteiger partial charge on any atom is -0.494 e. The van der Waals surface area contributed by atoms with Crippen molar-refractivity contribution < 1.29 is 14.6 Å². The first-order chi connectivity index (χ1) is 7.90. The van der Waals surface area contributed by atoms with Gasteiger partial charge < -0.3 is 9.84 Å². The molecule has 3 nitrogen and oxygen atoms in total. The van der Waals surface area contributed by atoms with E-state index in [1.165, 1.54) is 7.11 Å². The molecule has 0 fully saturated rings. The first-order valence-corrected chi connectivity index (χ1v) is 5.42. The predicted molar refractivity (Wildman–Crippen MR) is 67.0 cm³/mol. The lowest BCUT2D eigenvalue weighted by molar-refractivity contribution is -0.130. The molecule has 0 aromatic heterocycles. The van der Waals surface area contributed by atoms with Crippen LogP contribution in [0.25, 0.3) is 0 Å². The molecular formula is C12H10Cl2O3. The van der Waals surface area contributed by atoms with Crippen molar-refractivity contribution in [1.82, 2.24) is 0 Å². The highest BCUT2D eigenvalue weighted by molar-refractivity contribution is 6.37. The SMILES string of the molecule is COc1c(Cl)c(C)c(Cl)c(C)c1C#CC(=O)O. The molecule has 0 unspecified atom stereocenters. The minimum atomic E-state index is -1.22. The number of ether oxygens (including phenoxy) is 1. The third-order valence-corrected chi connectivity index (χ3v) is 3.31. The Balaban J connectivity index is 3.60. The van der Waals surface area contributed by atoms with Crippen LogP contribution in [0.5, 0.6) is 5.75 Å². The van der Waals surface area contributed by atoms with Gasteiger partial charge >= 0.3 is 5.97 Å². The Hall–Kier alpha value is -1.37. The maximum absolute atomic E-state index is 10.4. The zero-order chi connectivity index (χ0) is 13.2. The first-order valence-electron chi connectivity index (χ1n) is 4.67. The van der Waals surface area contributed by atoms with E-state index in [4.69, 9.17) is 33.0 Å². The molecular weight excluding hydrogens is 263 g/mol. The number of rotatable bonds is 1. The van der Waals surface area contributed by atoms with Gasteiger partial charge in [-0.1, -0.05) is 29.1 Å². The van der Waals surface area contributed by atoms with Gasteiger partial charge in [-0.15, -0.1) is 0 Å². The van der Waals surface area contributed by atoms with Crippen LogP contribution >= 0.6 is 23.2 Å². The quantitative estimate of drug-likeness (QED) is 0.800. The summed E-state index contributed by atoms with van der Waals surface area (Å²) in [4.78, 5) is 10.4. The van der Waals surface area contributed by atoms with E-state index >= 15 is 0 Å². The van der Waals surface area contributed by atoms with Crippen molar-refractivity contribution in [2.24, 2.45) is 0 Å². The normalized spacial score (nSPS) is 9.47. The second-order valence-electron chi connectivity index (χ2n) is 3.34. The van der Waals surface area contributed by atoms with Crippen LogP contribution in [-0.4, -0.2) is 18.2 Å². The Morgan fingerprint density at radius 2 is 1.82 bits per heavy atom. The summed E-state index contributed by atoms with van der Waals surface area (Å²) in [7, 11) is 1.44. The summed E-state index contributed by atoms with van der Waals surface area (Å²) >= 11 is 12.1. The van der Waals surface area contributed by atoms with Crippen molar-refractivity contribution in [2.75, 3.05) is 7.11 Å². The van der Waals surface area contributed by atoms with E-state index in [9.17, 15) is 4.79 Å². The van der Waals surface area contributed by atoms with Crippen LogP contribution < -0.4 is 4.74 Å². The van der Waals surface area contributed by atoms with Crippen molar-refractivity contribution in [3.63, 3.8) is 0 Å². The number of hydrogen-bond donors (Lipinski definition) is 1. The molecule has 1 N–H and O–H groups in total. The zero-order valence-corrected chi connectivity index (χ0v) is 11.0. The highest BCUT2D eigenvalue weighted by Crippen LogP contribution is 2.38. The molecule has 0 aliphatic heterocycles. The molecule has 1 aromatic rings. The lowest BCUT2D eigenvalue weighted by Crippen LogP contribution is -1.97. The highest BCUT2D eigenvalue weighted by Gasteiger charge is 2.17. The topological polar surface area (TPSA) is 46.5 Å². The molecule has 0 radical (unpaired) electrons. The number of hydrogen-bond acceptors (Lipinski definition) is 2. The van der Waals surface area contributed by atoms with Crippen LogP contribution in [0.1, 0.15) is 16.7 Å². The Morgan fingerprint density at radius 3 is 2.29 bits per heavy atom. The maximum atomic E-state index is 10.4. The van der Waals surface area contributed by atoms with Gasteiger partial charge in [-0.3, -0.25) is 0 Å². The molecule has 0 heterocycles. The molecule has 0 spiro atoms. The number of carboxylic acid groups (broad SMARTS) is 1. The van der Waals surface area contributed by atoms with Gasteiger partial charge in [0.2, 0.25) is 0 Å². The Labute approximate surface area is 109 Å². The fourth-order valence-electron chi connectivity index (χ4n) is 1.40. The van der Waals surface area contributed by atoms with Gasteiger partial charge in [0.1, 0.15) is 0 Å². The van der Waals surface area contributed by atoms with Gasteiger partial charge in [0.15, 0.2) is 5.75 Å². The second kappa shape index (κ2) is 5.31. The van der Waals surface area contributed by atoms with Gasteiger partial charge in [-0.2, -0.15) is 0 Å². The number of methoxy groups -OCH3 is 1. The zero-order valence-electron chi connectivity index (χ0n) is 9.52. The number of aliphatic carboxylic acids is 1. The first kappa shape index (κ1) is 13.7. The lowest BCUT2D eigenvalue weighted by atomic mass is 10.0. The summed E-state index contributed by atoms with van der Waals surface area (Å²) in [5.74, 6) is 3.64. The third-order valence-electron chi connectivity index (χ3n) is 2.29. The molecule has 90 valence electrons. The van der Waals surface area contributed by atoms with Gasteiger partial charge in [0.05, 0.1) is 17.7 Å². The van der Waals surface area contributed by atoms with Gasteiger partial charge in [-0.25, -0.2) is 4.79 Å². The van der Waals surface area contributed by atoms with Crippen molar-refractivity contribution in [2.45, 2.75) is 13.8 Å². The highest BCUT2D eigenvalue weighted by atomic mass is 35.5. The van der Waals surface area contributed by atoms with E-state index in [-0.39, 0.29) is 0 Å². The van der Waals surface area contributed by atoms with Crippen LogP contribution in [-0.2, 0) is 4.79 Å². The largest absolute Gasteiger partial charge is 0.494 e. The summed E-state index contributed by atoms with van der Waals surface area (Å²) in [5, 5.41) is 9.35. The number of halogens is 2. The number of carbonyl (C=O) groups is 1. The number of benzene rings is 1. The Morgan fingerprint density at radius 1 is 1.24 bits per heavy atom. The van der Waals surface area contributed by atoms with Crippen molar-refractivity contribution in [3.05, 3.63) is 26.7 Å². The molecule has 0 saturated heterocycles. The van der Waals surface area contributed by atoms with E-state index < -0.39 is 5.97 Å². The smallest absolute Gasteiger partial charge is 0.382 e. The second-order valence-corrected chi connectivity index (χ2v) is 4.10. The molecule has 0 aliphatic rings. The maximum Gasteiger partial charge on any atom is 0.382 e. The summed E-state index contributed by atoms with van der Waals surface area (Å²) in [5.41, 5.74) is 1.73. The summed E-state index contributed by atoms with van der Waals surface area (Å²) in [6.45, 7) is 3.49. The van der Waals surface area contributed by atoms with E-state index in [0.717, 1.165) is 0 Å². The van der Waals surface area contributed by atoms with Crippen LogP contribution in [0.2, 0.25) is 10.0 Å². The molecule has 0 atom stereocenters.